The van der Waals surface area contributed by atoms with Gasteiger partial charge in [0.15, 0.2) is 5.16 Å². The van der Waals surface area contributed by atoms with Crippen LogP contribution in [0.2, 0.25) is 0 Å². The molecule has 0 fully saturated rings. The maximum Gasteiger partial charge on any atom is 0.254 e. The van der Waals surface area contributed by atoms with Gasteiger partial charge in [-0.2, -0.15) is 0 Å². The number of aryl methyl sites for hydroxylation is 2. The first-order valence-corrected chi connectivity index (χ1v) is 8.10. The van der Waals surface area contributed by atoms with Crippen LogP contribution in [0.25, 0.3) is 0 Å². The van der Waals surface area contributed by atoms with Crippen molar-refractivity contribution in [2.45, 2.75) is 31.5 Å². The summed E-state index contributed by atoms with van der Waals surface area (Å²) in [6, 6.07) is 7.24. The van der Waals surface area contributed by atoms with Crippen LogP contribution in [-0.2, 0) is 4.79 Å². The van der Waals surface area contributed by atoms with Crippen molar-refractivity contribution in [2.75, 3.05) is 11.1 Å². The number of hydrogen-bond donors (Lipinski definition) is 1. The van der Waals surface area contributed by atoms with Gasteiger partial charge in [-0.1, -0.05) is 17.8 Å². The van der Waals surface area contributed by atoms with Crippen LogP contribution < -0.4 is 10.9 Å². The molecule has 3 rings (SSSR count). The lowest BCUT2D eigenvalue weighted by Crippen LogP contribution is -2.26. The predicted molar refractivity (Wildman–Crippen MR) is 87.4 cm³/mol. The molecule has 1 atom stereocenters. The van der Waals surface area contributed by atoms with Crippen molar-refractivity contribution >= 4 is 23.4 Å². The normalized spacial score (nSPS) is 16.4. The molecule has 114 valence electrons. The monoisotopic (exact) mass is 315 g/mol. The Morgan fingerprint density at radius 3 is 2.82 bits per heavy atom. The number of thioether (sulfide) groups is 1. The van der Waals surface area contributed by atoms with Gasteiger partial charge in [0.05, 0.1) is 6.04 Å². The summed E-state index contributed by atoms with van der Waals surface area (Å²) in [6.45, 7) is 4.00. The zero-order valence-corrected chi connectivity index (χ0v) is 13.3. The first-order chi connectivity index (χ1) is 10.5. The average Bonchev–Trinajstić information content (AvgIpc) is 2.82. The summed E-state index contributed by atoms with van der Waals surface area (Å²) >= 11 is 1.52. The predicted octanol–water partition coefficient (Wildman–Crippen LogP) is 2.54. The lowest BCUT2D eigenvalue weighted by Gasteiger charge is -2.13. The number of amides is 1. The van der Waals surface area contributed by atoms with Crippen LogP contribution >= 0.6 is 11.8 Å². The number of benzene rings is 1. The Morgan fingerprint density at radius 2 is 2.09 bits per heavy atom. The molecule has 2 heterocycles. The third-order valence-electron chi connectivity index (χ3n) is 3.54. The van der Waals surface area contributed by atoms with Crippen molar-refractivity contribution in [3.8, 4) is 0 Å². The summed E-state index contributed by atoms with van der Waals surface area (Å²) in [6.07, 6.45) is 1.79. The van der Waals surface area contributed by atoms with Crippen LogP contribution in [0.1, 0.15) is 23.6 Å². The fraction of sp³-hybridized carbons (Fsp3) is 0.312. The first kappa shape index (κ1) is 14.8. The van der Waals surface area contributed by atoms with E-state index in [-0.39, 0.29) is 23.9 Å². The highest BCUT2D eigenvalue weighted by Gasteiger charge is 2.26. The maximum absolute atomic E-state index is 12.3. The fourth-order valence-electron chi connectivity index (χ4n) is 2.71. The number of carbonyl (C=O) groups excluding carboxylic acids is 1. The van der Waals surface area contributed by atoms with Gasteiger partial charge in [0.25, 0.3) is 5.56 Å². The van der Waals surface area contributed by atoms with Crippen LogP contribution in [0.3, 0.4) is 0 Å². The van der Waals surface area contributed by atoms with Crippen molar-refractivity contribution in [2.24, 2.45) is 0 Å². The Labute approximate surface area is 132 Å². The minimum absolute atomic E-state index is 0.0841. The topological polar surface area (TPSA) is 64.0 Å². The maximum atomic E-state index is 12.3. The van der Waals surface area contributed by atoms with E-state index >= 15 is 0 Å². The highest BCUT2D eigenvalue weighted by atomic mass is 32.2. The van der Waals surface area contributed by atoms with E-state index < -0.39 is 0 Å². The van der Waals surface area contributed by atoms with Crippen molar-refractivity contribution in [3.63, 3.8) is 0 Å². The highest BCUT2D eigenvalue weighted by Crippen LogP contribution is 2.31. The van der Waals surface area contributed by atoms with Gasteiger partial charge < -0.3 is 5.32 Å². The summed E-state index contributed by atoms with van der Waals surface area (Å²) in [7, 11) is 0. The quantitative estimate of drug-likeness (QED) is 0.884. The van der Waals surface area contributed by atoms with Crippen LogP contribution in [0, 0.1) is 13.8 Å². The number of hydrogen-bond acceptors (Lipinski definition) is 4. The molecule has 0 radical (unpaired) electrons. The molecule has 0 saturated carbocycles. The second-order valence-corrected chi connectivity index (χ2v) is 6.52. The molecule has 22 heavy (non-hydrogen) atoms. The van der Waals surface area contributed by atoms with Gasteiger partial charge in [-0.25, -0.2) is 4.98 Å². The Morgan fingerprint density at radius 1 is 1.36 bits per heavy atom. The number of fused-ring (bicyclic) bond motifs is 1. The molecule has 1 unspecified atom stereocenters. The van der Waals surface area contributed by atoms with Gasteiger partial charge >= 0.3 is 0 Å². The van der Waals surface area contributed by atoms with Gasteiger partial charge in [0, 0.05) is 30.1 Å². The molecule has 1 amide bonds. The molecule has 1 N–H and O–H groups in total. The number of nitrogens with one attached hydrogen (secondary N) is 1. The molecule has 2 aromatic rings. The zero-order chi connectivity index (χ0) is 15.7. The molecule has 1 aliphatic rings. The molecule has 6 heteroatoms. The van der Waals surface area contributed by atoms with Crippen LogP contribution in [-0.4, -0.2) is 21.2 Å². The Hall–Kier alpha value is -2.08. The van der Waals surface area contributed by atoms with Crippen LogP contribution in [0.15, 0.2) is 40.4 Å². The van der Waals surface area contributed by atoms with E-state index in [0.717, 1.165) is 16.8 Å². The lowest BCUT2D eigenvalue weighted by molar-refractivity contribution is -0.116. The van der Waals surface area contributed by atoms with Crippen LogP contribution in [0.5, 0.6) is 0 Å². The molecule has 1 aromatic heterocycles. The number of carbonyl (C=O) groups is 1. The molecule has 1 aliphatic heterocycles. The van der Waals surface area contributed by atoms with E-state index in [1.807, 2.05) is 26.0 Å². The van der Waals surface area contributed by atoms with Gasteiger partial charge in [0.1, 0.15) is 0 Å². The second kappa shape index (κ2) is 5.96. The van der Waals surface area contributed by atoms with E-state index in [4.69, 9.17) is 0 Å². The van der Waals surface area contributed by atoms with Gasteiger partial charge in [-0.15, -0.1) is 0 Å². The van der Waals surface area contributed by atoms with E-state index in [1.54, 1.807) is 4.57 Å². The molecule has 1 aromatic carbocycles. The average molecular weight is 315 g/mol. The Balaban J connectivity index is 1.73. The lowest BCUT2D eigenvalue weighted by atomic mass is 10.1. The molecule has 0 bridgehead atoms. The summed E-state index contributed by atoms with van der Waals surface area (Å²) < 4.78 is 1.62. The van der Waals surface area contributed by atoms with E-state index in [9.17, 15) is 9.59 Å². The van der Waals surface area contributed by atoms with Gasteiger partial charge in [0.2, 0.25) is 5.91 Å². The third-order valence-corrected chi connectivity index (χ3v) is 4.65. The summed E-state index contributed by atoms with van der Waals surface area (Å²) in [5.74, 6) is 0.617. The number of nitrogens with zero attached hydrogens (tertiary/aromatic N) is 2. The number of anilines is 1. The third kappa shape index (κ3) is 3.06. The standard InChI is InChI=1S/C16H17N3O2S/c1-10-5-11(2)7-12(6-10)18-14(20)8-13-9-22-16-17-4-3-15(21)19(13)16/h3-7,13H,8-9H2,1-2H3,(H,18,20). The van der Waals surface area contributed by atoms with E-state index in [2.05, 4.69) is 16.4 Å². The van der Waals surface area contributed by atoms with Crippen molar-refractivity contribution in [1.82, 2.24) is 9.55 Å². The van der Waals surface area contributed by atoms with Crippen molar-refractivity contribution < 1.29 is 4.79 Å². The van der Waals surface area contributed by atoms with E-state index in [1.165, 1.54) is 24.0 Å². The van der Waals surface area contributed by atoms with Gasteiger partial charge in [-0.05, 0) is 37.1 Å². The van der Waals surface area contributed by atoms with Crippen molar-refractivity contribution in [3.05, 3.63) is 51.9 Å². The molecule has 0 aliphatic carbocycles. The van der Waals surface area contributed by atoms with Crippen LogP contribution in [0.4, 0.5) is 5.69 Å². The largest absolute Gasteiger partial charge is 0.326 e. The molecule has 0 saturated heterocycles. The minimum Gasteiger partial charge on any atom is -0.326 e. The van der Waals surface area contributed by atoms with E-state index in [0.29, 0.717) is 10.9 Å². The Kier molecular flexibility index (Phi) is 4.02. The number of aromatic nitrogens is 2. The van der Waals surface area contributed by atoms with Crippen molar-refractivity contribution in [1.29, 1.82) is 0 Å². The zero-order valence-electron chi connectivity index (χ0n) is 12.5. The Bertz CT molecular complexity index is 765. The SMILES string of the molecule is Cc1cc(C)cc(NC(=O)CC2CSc3nccc(=O)n32)c1. The number of rotatable bonds is 3. The smallest absolute Gasteiger partial charge is 0.254 e. The minimum atomic E-state index is -0.132. The summed E-state index contributed by atoms with van der Waals surface area (Å²) in [5, 5.41) is 3.61. The molecular weight excluding hydrogens is 298 g/mol. The first-order valence-electron chi connectivity index (χ1n) is 7.11. The second-order valence-electron chi connectivity index (χ2n) is 5.53. The highest BCUT2D eigenvalue weighted by molar-refractivity contribution is 7.99. The summed E-state index contributed by atoms with van der Waals surface area (Å²) in [4.78, 5) is 28.4. The molecule has 5 nitrogen and oxygen atoms in total. The molecule has 0 spiro atoms. The van der Waals surface area contributed by atoms with Gasteiger partial charge in [-0.3, -0.25) is 14.2 Å². The summed E-state index contributed by atoms with van der Waals surface area (Å²) in [5.41, 5.74) is 2.92. The molecular formula is C16H17N3O2S. The fourth-order valence-corrected chi connectivity index (χ4v) is 3.83.